The van der Waals surface area contributed by atoms with E-state index in [1.54, 1.807) is 25.4 Å². The molecule has 0 aliphatic rings. The molecule has 3 rings (SSSR count). The number of aromatic nitrogens is 3. The Morgan fingerprint density at radius 1 is 1.21 bits per heavy atom. The molecule has 0 aliphatic heterocycles. The van der Waals surface area contributed by atoms with Crippen LogP contribution in [0.3, 0.4) is 0 Å². The predicted octanol–water partition coefficient (Wildman–Crippen LogP) is 3.56. The highest BCUT2D eigenvalue weighted by Gasteiger charge is 2.19. The van der Waals surface area contributed by atoms with Gasteiger partial charge < -0.3 is 9.73 Å². The van der Waals surface area contributed by atoms with E-state index in [0.717, 1.165) is 16.8 Å². The number of hydrogen-bond donors (Lipinski definition) is 1. The Labute approximate surface area is 143 Å². The van der Waals surface area contributed by atoms with Crippen LogP contribution in [0.4, 0.5) is 5.69 Å². The largest absolute Gasteiger partial charge is 0.411 e. The lowest BCUT2D eigenvalue weighted by molar-refractivity contribution is -0.115. The second kappa shape index (κ2) is 7.27. The first-order valence-electron chi connectivity index (χ1n) is 7.40. The van der Waals surface area contributed by atoms with Gasteiger partial charge in [-0.25, -0.2) is 0 Å². The van der Waals surface area contributed by atoms with Crippen molar-refractivity contribution in [1.29, 1.82) is 0 Å². The Balaban J connectivity index is 1.65. The van der Waals surface area contributed by atoms with Crippen LogP contribution in [0.2, 0.25) is 0 Å². The van der Waals surface area contributed by atoms with E-state index in [9.17, 15) is 4.79 Å². The van der Waals surface area contributed by atoms with Gasteiger partial charge >= 0.3 is 0 Å². The van der Waals surface area contributed by atoms with Crippen LogP contribution in [-0.4, -0.2) is 26.3 Å². The molecule has 122 valence electrons. The number of nitrogens with one attached hydrogen (secondary N) is 1. The number of nitrogens with zero attached hydrogens (tertiary/aromatic N) is 3. The number of anilines is 1. The third kappa shape index (κ3) is 3.80. The lowest BCUT2D eigenvalue weighted by atomic mass is 10.2. The van der Waals surface area contributed by atoms with Gasteiger partial charge in [0.15, 0.2) is 0 Å². The fourth-order valence-corrected chi connectivity index (χ4v) is 2.70. The van der Waals surface area contributed by atoms with E-state index >= 15 is 0 Å². The number of rotatable bonds is 5. The Kier molecular flexibility index (Phi) is 4.90. The van der Waals surface area contributed by atoms with Crippen LogP contribution >= 0.6 is 11.8 Å². The molecule has 1 aromatic carbocycles. The van der Waals surface area contributed by atoms with E-state index in [2.05, 4.69) is 20.5 Å². The molecule has 2 aromatic heterocycles. The van der Waals surface area contributed by atoms with Crippen LogP contribution in [0.25, 0.3) is 11.5 Å². The summed E-state index contributed by atoms with van der Waals surface area (Å²) in [5.74, 6) is 0.271. The summed E-state index contributed by atoms with van der Waals surface area (Å²) in [6.45, 7) is 3.75. The van der Waals surface area contributed by atoms with E-state index in [1.165, 1.54) is 11.8 Å². The van der Waals surface area contributed by atoms with Crippen molar-refractivity contribution in [3.63, 3.8) is 0 Å². The summed E-state index contributed by atoms with van der Waals surface area (Å²) in [5.41, 5.74) is 2.56. The number of carbonyl (C=O) groups is 1. The molecule has 0 bridgehead atoms. The lowest BCUT2D eigenvalue weighted by Gasteiger charge is -2.11. The van der Waals surface area contributed by atoms with Crippen molar-refractivity contribution in [3.05, 3.63) is 54.4 Å². The second-order valence-electron chi connectivity index (χ2n) is 5.18. The fraction of sp³-hybridized carbons (Fsp3) is 0.176. The zero-order valence-electron chi connectivity index (χ0n) is 13.3. The number of thioether (sulfide) groups is 1. The molecule has 0 unspecified atom stereocenters. The summed E-state index contributed by atoms with van der Waals surface area (Å²) in [6.07, 6.45) is 3.32. The smallest absolute Gasteiger partial charge is 0.277 e. The van der Waals surface area contributed by atoms with Gasteiger partial charge in [0, 0.05) is 18.1 Å². The highest BCUT2D eigenvalue weighted by atomic mass is 32.2. The molecular formula is C17H16N4O2S. The zero-order valence-corrected chi connectivity index (χ0v) is 14.1. The number of pyridine rings is 1. The van der Waals surface area contributed by atoms with Crippen molar-refractivity contribution >= 4 is 23.4 Å². The van der Waals surface area contributed by atoms with Gasteiger partial charge in [-0.2, -0.15) is 0 Å². The van der Waals surface area contributed by atoms with Crippen LogP contribution in [-0.2, 0) is 4.79 Å². The van der Waals surface area contributed by atoms with E-state index in [4.69, 9.17) is 4.42 Å². The van der Waals surface area contributed by atoms with Crippen molar-refractivity contribution in [2.75, 3.05) is 5.32 Å². The van der Waals surface area contributed by atoms with Crippen molar-refractivity contribution < 1.29 is 9.21 Å². The second-order valence-corrected chi connectivity index (χ2v) is 6.47. The molecule has 0 saturated heterocycles. The minimum atomic E-state index is -0.369. The molecule has 1 atom stereocenters. The number of hydrogen-bond acceptors (Lipinski definition) is 6. The van der Waals surface area contributed by atoms with Crippen LogP contribution in [0.15, 0.2) is 58.4 Å². The SMILES string of the molecule is Cc1ccccc1NC(=O)[C@@H](C)Sc1nnc(-c2cccnc2)o1. The number of carbonyl (C=O) groups excluding carboxylic acids is 1. The Morgan fingerprint density at radius 2 is 2.04 bits per heavy atom. The van der Waals surface area contributed by atoms with E-state index in [1.807, 2.05) is 37.3 Å². The molecule has 0 spiro atoms. The Bertz CT molecular complexity index is 835. The highest BCUT2D eigenvalue weighted by molar-refractivity contribution is 8.00. The van der Waals surface area contributed by atoms with Gasteiger partial charge in [-0.1, -0.05) is 30.0 Å². The zero-order chi connectivity index (χ0) is 16.9. The molecule has 24 heavy (non-hydrogen) atoms. The Hall–Kier alpha value is -2.67. The molecular weight excluding hydrogens is 324 g/mol. The van der Waals surface area contributed by atoms with Crippen molar-refractivity contribution in [2.45, 2.75) is 24.3 Å². The maximum absolute atomic E-state index is 12.3. The maximum atomic E-state index is 12.3. The van der Waals surface area contributed by atoms with Crippen LogP contribution in [0.5, 0.6) is 0 Å². The number of amides is 1. The van der Waals surface area contributed by atoms with Crippen LogP contribution in [0, 0.1) is 6.92 Å². The van der Waals surface area contributed by atoms with Gasteiger partial charge in [-0.3, -0.25) is 9.78 Å². The summed E-state index contributed by atoms with van der Waals surface area (Å²) in [6, 6.07) is 11.3. The first-order valence-corrected chi connectivity index (χ1v) is 8.28. The topological polar surface area (TPSA) is 80.9 Å². The van der Waals surface area contributed by atoms with Gasteiger partial charge in [0.1, 0.15) is 0 Å². The summed E-state index contributed by atoms with van der Waals surface area (Å²) < 4.78 is 5.59. The standard InChI is InChI=1S/C17H16N4O2S/c1-11-6-3-4-8-14(11)19-15(22)12(2)24-17-21-20-16(23-17)13-7-5-9-18-10-13/h3-10,12H,1-2H3,(H,19,22)/t12-/m1/s1. The first-order chi connectivity index (χ1) is 11.6. The number of benzene rings is 1. The molecule has 0 saturated carbocycles. The molecule has 3 aromatic rings. The fourth-order valence-electron chi connectivity index (χ4n) is 2.02. The molecule has 0 radical (unpaired) electrons. The third-order valence-corrected chi connectivity index (χ3v) is 4.30. The summed E-state index contributed by atoms with van der Waals surface area (Å²) >= 11 is 1.22. The van der Waals surface area contributed by atoms with Crippen LogP contribution in [0.1, 0.15) is 12.5 Å². The van der Waals surface area contributed by atoms with Crippen molar-refractivity contribution in [1.82, 2.24) is 15.2 Å². The highest BCUT2D eigenvalue weighted by Crippen LogP contribution is 2.26. The number of para-hydroxylation sites is 1. The quantitative estimate of drug-likeness (QED) is 0.715. The van der Waals surface area contributed by atoms with Gasteiger partial charge in [0.2, 0.25) is 11.8 Å². The molecule has 1 amide bonds. The maximum Gasteiger partial charge on any atom is 0.277 e. The van der Waals surface area contributed by atoms with Crippen LogP contribution < -0.4 is 5.32 Å². The summed E-state index contributed by atoms with van der Waals surface area (Å²) in [5, 5.41) is 10.9. The molecule has 1 N–H and O–H groups in total. The molecule has 7 heteroatoms. The molecule has 2 heterocycles. The molecule has 0 fully saturated rings. The third-order valence-electron chi connectivity index (χ3n) is 3.36. The minimum absolute atomic E-state index is 0.115. The average Bonchev–Trinajstić information content (AvgIpc) is 3.06. The van der Waals surface area contributed by atoms with Gasteiger partial charge in [0.25, 0.3) is 5.22 Å². The number of aryl methyl sites for hydroxylation is 1. The molecule has 0 aliphatic carbocycles. The van der Waals surface area contributed by atoms with Crippen molar-refractivity contribution in [2.24, 2.45) is 0 Å². The van der Waals surface area contributed by atoms with E-state index in [0.29, 0.717) is 11.1 Å². The van der Waals surface area contributed by atoms with Gasteiger partial charge in [0.05, 0.1) is 10.8 Å². The minimum Gasteiger partial charge on any atom is -0.411 e. The monoisotopic (exact) mass is 340 g/mol. The normalized spacial score (nSPS) is 11.9. The summed E-state index contributed by atoms with van der Waals surface area (Å²) in [4.78, 5) is 16.3. The van der Waals surface area contributed by atoms with Crippen molar-refractivity contribution in [3.8, 4) is 11.5 Å². The predicted molar refractivity (Wildman–Crippen MR) is 92.7 cm³/mol. The lowest BCUT2D eigenvalue weighted by Crippen LogP contribution is -2.22. The Morgan fingerprint density at radius 3 is 2.79 bits per heavy atom. The van der Waals surface area contributed by atoms with E-state index in [-0.39, 0.29) is 11.2 Å². The summed E-state index contributed by atoms with van der Waals surface area (Å²) in [7, 11) is 0. The van der Waals surface area contributed by atoms with E-state index < -0.39 is 0 Å². The molecule has 6 nitrogen and oxygen atoms in total. The van der Waals surface area contributed by atoms with Gasteiger partial charge in [-0.05, 0) is 37.6 Å². The average molecular weight is 340 g/mol. The van der Waals surface area contributed by atoms with Gasteiger partial charge in [-0.15, -0.1) is 10.2 Å². The first kappa shape index (κ1) is 16.2.